The van der Waals surface area contributed by atoms with Crippen molar-refractivity contribution in [3.05, 3.63) is 28.1 Å². The van der Waals surface area contributed by atoms with Crippen molar-refractivity contribution in [3.63, 3.8) is 0 Å². The van der Waals surface area contributed by atoms with Gasteiger partial charge < -0.3 is 14.6 Å². The fourth-order valence-electron chi connectivity index (χ4n) is 1.96. The molecule has 1 fully saturated rings. The van der Waals surface area contributed by atoms with Crippen LogP contribution in [0.4, 0.5) is 5.69 Å². The van der Waals surface area contributed by atoms with E-state index in [4.69, 9.17) is 16.3 Å². The lowest BCUT2D eigenvalue weighted by Crippen LogP contribution is -2.51. The van der Waals surface area contributed by atoms with Crippen LogP contribution in [0.3, 0.4) is 0 Å². The summed E-state index contributed by atoms with van der Waals surface area (Å²) < 4.78 is 5.45. The monoisotopic (exact) mass is 287 g/mol. The summed E-state index contributed by atoms with van der Waals surface area (Å²) in [5.41, 5.74) is 0.0759. The van der Waals surface area contributed by atoms with Crippen molar-refractivity contribution in [1.29, 1.82) is 0 Å². The highest BCUT2D eigenvalue weighted by Crippen LogP contribution is 2.18. The highest BCUT2D eigenvalue weighted by Gasteiger charge is 2.31. The van der Waals surface area contributed by atoms with Crippen LogP contribution >= 0.6 is 11.6 Å². The number of hydrogen-bond acceptors (Lipinski definition) is 4. The summed E-state index contributed by atoms with van der Waals surface area (Å²) in [6.45, 7) is 2.65. The first-order chi connectivity index (χ1) is 9.02. The molecule has 0 aliphatic carbocycles. The Labute approximate surface area is 114 Å². The molecule has 1 amide bonds. The third-order valence-electron chi connectivity index (χ3n) is 3.05. The second-order valence-corrected chi connectivity index (χ2v) is 4.75. The van der Waals surface area contributed by atoms with E-state index in [1.807, 2.05) is 6.92 Å². The molecular weight excluding hydrogens is 274 g/mol. The van der Waals surface area contributed by atoms with E-state index in [2.05, 4.69) is 4.98 Å². The Morgan fingerprint density at radius 1 is 1.74 bits per heavy atom. The smallest absolute Gasteiger partial charge is 0.287 e. The maximum atomic E-state index is 12.3. The molecule has 1 saturated heterocycles. The molecule has 2 unspecified atom stereocenters. The maximum Gasteiger partial charge on any atom is 0.287 e. The Morgan fingerprint density at radius 2 is 2.47 bits per heavy atom. The maximum absolute atomic E-state index is 12.3. The molecule has 0 bridgehead atoms. The summed E-state index contributed by atoms with van der Waals surface area (Å²) >= 11 is 5.73. The van der Waals surface area contributed by atoms with Gasteiger partial charge in [0.1, 0.15) is 5.69 Å². The zero-order valence-corrected chi connectivity index (χ0v) is 11.1. The SMILES string of the molecule is CC1COC(CCl)CN1C(=O)c1cc([N+](=O)[O-])c[nH]1. The molecule has 2 heterocycles. The number of carbonyl (C=O) groups is 1. The van der Waals surface area contributed by atoms with Gasteiger partial charge in [-0.25, -0.2) is 0 Å². The van der Waals surface area contributed by atoms with E-state index in [-0.39, 0.29) is 29.4 Å². The number of aromatic nitrogens is 1. The molecule has 1 aromatic rings. The summed E-state index contributed by atoms with van der Waals surface area (Å²) in [5, 5.41) is 10.6. The van der Waals surface area contributed by atoms with E-state index in [0.717, 1.165) is 0 Å². The van der Waals surface area contributed by atoms with E-state index < -0.39 is 4.92 Å². The lowest BCUT2D eigenvalue weighted by atomic mass is 10.2. The normalized spacial score (nSPS) is 23.4. The molecule has 7 nitrogen and oxygen atoms in total. The van der Waals surface area contributed by atoms with Crippen molar-refractivity contribution >= 4 is 23.2 Å². The third kappa shape index (κ3) is 2.87. The number of H-pyrrole nitrogens is 1. The quantitative estimate of drug-likeness (QED) is 0.517. The molecule has 1 aliphatic rings. The number of nitro groups is 1. The molecule has 1 N–H and O–H groups in total. The zero-order valence-electron chi connectivity index (χ0n) is 10.3. The van der Waals surface area contributed by atoms with Crippen LogP contribution in [0.25, 0.3) is 0 Å². The van der Waals surface area contributed by atoms with Gasteiger partial charge in [-0.05, 0) is 6.92 Å². The molecule has 1 aliphatic heterocycles. The Balaban J connectivity index is 2.14. The van der Waals surface area contributed by atoms with Crippen LogP contribution in [0, 0.1) is 10.1 Å². The largest absolute Gasteiger partial charge is 0.373 e. The fraction of sp³-hybridized carbons (Fsp3) is 0.545. The molecule has 19 heavy (non-hydrogen) atoms. The summed E-state index contributed by atoms with van der Waals surface area (Å²) in [7, 11) is 0. The van der Waals surface area contributed by atoms with Crippen molar-refractivity contribution in [2.75, 3.05) is 19.0 Å². The predicted octanol–water partition coefficient (Wildman–Crippen LogP) is 1.39. The number of nitrogens with zero attached hydrogens (tertiary/aromatic N) is 2. The number of hydrogen-bond donors (Lipinski definition) is 1. The van der Waals surface area contributed by atoms with Crippen LogP contribution in [0.1, 0.15) is 17.4 Å². The van der Waals surface area contributed by atoms with Crippen LogP contribution < -0.4 is 0 Å². The number of rotatable bonds is 3. The first-order valence-electron chi connectivity index (χ1n) is 5.84. The number of carbonyl (C=O) groups excluding carboxylic acids is 1. The van der Waals surface area contributed by atoms with Crippen LogP contribution in [0.5, 0.6) is 0 Å². The molecule has 0 radical (unpaired) electrons. The van der Waals surface area contributed by atoms with Crippen LogP contribution in [-0.2, 0) is 4.74 Å². The number of ether oxygens (including phenoxy) is 1. The van der Waals surface area contributed by atoms with Gasteiger partial charge in [0.25, 0.3) is 11.6 Å². The summed E-state index contributed by atoms with van der Waals surface area (Å²) in [6, 6.07) is 1.15. The summed E-state index contributed by atoms with van der Waals surface area (Å²) in [6.07, 6.45) is 1.00. The van der Waals surface area contributed by atoms with Gasteiger partial charge in [0.15, 0.2) is 0 Å². The first kappa shape index (κ1) is 13.8. The number of morpholine rings is 1. The topological polar surface area (TPSA) is 88.5 Å². The third-order valence-corrected chi connectivity index (χ3v) is 3.39. The minimum atomic E-state index is -0.544. The molecule has 2 atom stereocenters. The highest BCUT2D eigenvalue weighted by molar-refractivity contribution is 6.18. The van der Waals surface area contributed by atoms with E-state index >= 15 is 0 Å². The molecular formula is C11H14ClN3O4. The summed E-state index contributed by atoms with van der Waals surface area (Å²) in [5.74, 6) is 0.0282. The zero-order chi connectivity index (χ0) is 14.0. The molecule has 1 aromatic heterocycles. The first-order valence-corrected chi connectivity index (χ1v) is 6.37. The molecule has 0 saturated carbocycles. The number of alkyl halides is 1. The molecule has 0 spiro atoms. The number of aromatic amines is 1. The second-order valence-electron chi connectivity index (χ2n) is 4.44. The van der Waals surface area contributed by atoms with E-state index in [1.54, 1.807) is 4.90 Å². The molecule has 2 rings (SSSR count). The van der Waals surface area contributed by atoms with Crippen molar-refractivity contribution < 1.29 is 14.5 Å². The fourth-order valence-corrected chi connectivity index (χ4v) is 2.15. The number of amides is 1. The second kappa shape index (κ2) is 5.58. The van der Waals surface area contributed by atoms with Gasteiger partial charge >= 0.3 is 0 Å². The average molecular weight is 288 g/mol. The lowest BCUT2D eigenvalue weighted by Gasteiger charge is -2.37. The summed E-state index contributed by atoms with van der Waals surface area (Å²) in [4.78, 5) is 26.6. The van der Waals surface area contributed by atoms with Gasteiger partial charge in [-0.1, -0.05) is 0 Å². The minimum absolute atomic E-state index is 0.0886. The average Bonchev–Trinajstić information content (AvgIpc) is 2.88. The van der Waals surface area contributed by atoms with Crippen molar-refractivity contribution in [1.82, 2.24) is 9.88 Å². The van der Waals surface area contributed by atoms with E-state index in [1.165, 1.54) is 12.3 Å². The van der Waals surface area contributed by atoms with Gasteiger partial charge in [-0.3, -0.25) is 14.9 Å². The van der Waals surface area contributed by atoms with Crippen molar-refractivity contribution in [3.8, 4) is 0 Å². The van der Waals surface area contributed by atoms with E-state index in [0.29, 0.717) is 19.0 Å². The lowest BCUT2D eigenvalue weighted by molar-refractivity contribution is -0.384. The van der Waals surface area contributed by atoms with Crippen LogP contribution in [0.15, 0.2) is 12.3 Å². The van der Waals surface area contributed by atoms with Gasteiger partial charge in [-0.2, -0.15) is 0 Å². The Bertz CT molecular complexity index is 490. The van der Waals surface area contributed by atoms with Crippen molar-refractivity contribution in [2.45, 2.75) is 19.1 Å². The standard InChI is InChI=1S/C11H14ClN3O4/c1-7-6-19-9(3-12)5-14(7)11(16)10-2-8(4-13-10)15(17)18/h2,4,7,9,13H,3,5-6H2,1H3. The Morgan fingerprint density at radius 3 is 3.05 bits per heavy atom. The molecule has 104 valence electrons. The predicted molar refractivity (Wildman–Crippen MR) is 68.4 cm³/mol. The van der Waals surface area contributed by atoms with Gasteiger partial charge in [0, 0.05) is 12.6 Å². The Hall–Kier alpha value is -1.60. The van der Waals surface area contributed by atoms with E-state index in [9.17, 15) is 14.9 Å². The van der Waals surface area contributed by atoms with Gasteiger partial charge in [0.2, 0.25) is 0 Å². The highest BCUT2D eigenvalue weighted by atomic mass is 35.5. The number of nitrogens with one attached hydrogen (secondary N) is 1. The number of halogens is 1. The molecule has 0 aromatic carbocycles. The minimum Gasteiger partial charge on any atom is -0.373 e. The van der Waals surface area contributed by atoms with Crippen molar-refractivity contribution in [2.24, 2.45) is 0 Å². The van der Waals surface area contributed by atoms with Gasteiger partial charge in [0.05, 0.1) is 35.8 Å². The van der Waals surface area contributed by atoms with Crippen LogP contribution in [0.2, 0.25) is 0 Å². The van der Waals surface area contributed by atoms with Crippen LogP contribution in [-0.4, -0.2) is 51.9 Å². The molecule has 8 heteroatoms. The Kier molecular flexibility index (Phi) is 4.06. The van der Waals surface area contributed by atoms with Gasteiger partial charge in [-0.15, -0.1) is 11.6 Å².